The number of benzene rings is 1. The third-order valence-corrected chi connectivity index (χ3v) is 3.74. The standard InChI is InChI=1S/C15H23NO3/c1-10-5-12(10)9-16-8-11-6-13(17-2)15(19-4)14(7-11)18-3/h6-7,10,12,16H,5,8-9H2,1-4H3. The Kier molecular flexibility index (Phi) is 4.53. The molecule has 0 radical (unpaired) electrons. The van der Waals surface area contributed by atoms with Gasteiger partial charge < -0.3 is 19.5 Å². The number of hydrogen-bond acceptors (Lipinski definition) is 4. The lowest BCUT2D eigenvalue weighted by Crippen LogP contribution is -2.17. The number of nitrogens with one attached hydrogen (secondary N) is 1. The molecule has 4 heteroatoms. The average molecular weight is 265 g/mol. The molecule has 0 saturated heterocycles. The van der Waals surface area contributed by atoms with E-state index in [1.807, 2.05) is 12.1 Å². The Morgan fingerprint density at radius 3 is 2.11 bits per heavy atom. The first-order valence-electron chi connectivity index (χ1n) is 6.69. The number of methoxy groups -OCH3 is 3. The first-order valence-corrected chi connectivity index (χ1v) is 6.69. The number of rotatable bonds is 7. The predicted octanol–water partition coefficient (Wildman–Crippen LogP) is 2.46. The Morgan fingerprint density at radius 1 is 1.11 bits per heavy atom. The molecule has 0 amide bonds. The van der Waals surface area contributed by atoms with Crippen molar-refractivity contribution in [2.45, 2.75) is 19.9 Å². The zero-order valence-corrected chi connectivity index (χ0v) is 12.2. The zero-order chi connectivity index (χ0) is 13.8. The van der Waals surface area contributed by atoms with Crippen LogP contribution in [0.5, 0.6) is 17.2 Å². The van der Waals surface area contributed by atoms with Crippen molar-refractivity contribution in [3.63, 3.8) is 0 Å². The maximum absolute atomic E-state index is 5.34. The minimum atomic E-state index is 0.643. The van der Waals surface area contributed by atoms with Crippen LogP contribution >= 0.6 is 0 Å². The highest BCUT2D eigenvalue weighted by molar-refractivity contribution is 5.53. The van der Waals surface area contributed by atoms with Crippen LogP contribution in [0.4, 0.5) is 0 Å². The molecule has 1 aromatic rings. The lowest BCUT2D eigenvalue weighted by molar-refractivity contribution is 0.323. The summed E-state index contributed by atoms with van der Waals surface area (Å²) in [7, 11) is 4.90. The van der Waals surface area contributed by atoms with Gasteiger partial charge >= 0.3 is 0 Å². The fourth-order valence-corrected chi connectivity index (χ4v) is 2.32. The molecule has 0 bridgehead atoms. The van der Waals surface area contributed by atoms with E-state index in [2.05, 4.69) is 12.2 Å². The van der Waals surface area contributed by atoms with Gasteiger partial charge in [0.05, 0.1) is 21.3 Å². The molecule has 1 aliphatic carbocycles. The van der Waals surface area contributed by atoms with Crippen LogP contribution in [0.25, 0.3) is 0 Å². The molecule has 2 atom stereocenters. The van der Waals surface area contributed by atoms with Crippen molar-refractivity contribution in [3.8, 4) is 17.2 Å². The van der Waals surface area contributed by atoms with Crippen molar-refractivity contribution >= 4 is 0 Å². The van der Waals surface area contributed by atoms with Gasteiger partial charge in [0, 0.05) is 6.54 Å². The molecule has 0 aromatic heterocycles. The van der Waals surface area contributed by atoms with Gasteiger partial charge in [-0.2, -0.15) is 0 Å². The first kappa shape index (κ1) is 14.0. The van der Waals surface area contributed by atoms with Crippen molar-refractivity contribution in [1.29, 1.82) is 0 Å². The molecule has 1 aromatic carbocycles. The average Bonchev–Trinajstić information content (AvgIpc) is 3.13. The minimum Gasteiger partial charge on any atom is -0.493 e. The normalized spacial score (nSPS) is 21.1. The summed E-state index contributed by atoms with van der Waals surface area (Å²) in [6.45, 7) is 4.20. The Hall–Kier alpha value is -1.42. The fourth-order valence-electron chi connectivity index (χ4n) is 2.32. The maximum atomic E-state index is 5.34. The number of hydrogen-bond donors (Lipinski definition) is 1. The van der Waals surface area contributed by atoms with Crippen LogP contribution in [-0.2, 0) is 6.54 Å². The van der Waals surface area contributed by atoms with Crippen LogP contribution in [0.1, 0.15) is 18.9 Å². The van der Waals surface area contributed by atoms with Gasteiger partial charge in [-0.25, -0.2) is 0 Å². The van der Waals surface area contributed by atoms with E-state index < -0.39 is 0 Å². The fraction of sp³-hybridized carbons (Fsp3) is 0.600. The van der Waals surface area contributed by atoms with Gasteiger partial charge in [-0.15, -0.1) is 0 Å². The largest absolute Gasteiger partial charge is 0.493 e. The van der Waals surface area contributed by atoms with Crippen LogP contribution < -0.4 is 19.5 Å². The SMILES string of the molecule is COc1cc(CNCC2CC2C)cc(OC)c1OC. The van der Waals surface area contributed by atoms with E-state index in [1.54, 1.807) is 21.3 Å². The lowest BCUT2D eigenvalue weighted by atomic mass is 10.1. The summed E-state index contributed by atoms with van der Waals surface area (Å²) in [5, 5.41) is 3.48. The molecule has 0 aliphatic heterocycles. The summed E-state index contributed by atoms with van der Waals surface area (Å²) in [6, 6.07) is 3.98. The van der Waals surface area contributed by atoms with Crippen molar-refractivity contribution in [1.82, 2.24) is 5.32 Å². The highest BCUT2D eigenvalue weighted by Crippen LogP contribution is 2.39. The van der Waals surface area contributed by atoms with Crippen molar-refractivity contribution in [2.75, 3.05) is 27.9 Å². The third kappa shape index (κ3) is 3.32. The van der Waals surface area contributed by atoms with E-state index in [9.17, 15) is 0 Å². The van der Waals surface area contributed by atoms with E-state index >= 15 is 0 Å². The van der Waals surface area contributed by atoms with Crippen LogP contribution in [0, 0.1) is 11.8 Å². The van der Waals surface area contributed by atoms with E-state index in [0.717, 1.165) is 30.5 Å². The van der Waals surface area contributed by atoms with Gasteiger partial charge in [-0.05, 0) is 42.5 Å². The van der Waals surface area contributed by atoms with E-state index in [1.165, 1.54) is 6.42 Å². The highest BCUT2D eigenvalue weighted by atomic mass is 16.5. The van der Waals surface area contributed by atoms with Gasteiger partial charge in [-0.1, -0.05) is 6.92 Å². The molecule has 1 fully saturated rings. The second-order valence-corrected chi connectivity index (χ2v) is 5.14. The van der Waals surface area contributed by atoms with Gasteiger partial charge in [0.15, 0.2) is 11.5 Å². The second kappa shape index (κ2) is 6.15. The number of ether oxygens (including phenoxy) is 3. The van der Waals surface area contributed by atoms with Crippen molar-refractivity contribution < 1.29 is 14.2 Å². The molecular formula is C15H23NO3. The van der Waals surface area contributed by atoms with Crippen LogP contribution in [0.3, 0.4) is 0 Å². The Bertz CT molecular complexity index is 408. The summed E-state index contributed by atoms with van der Waals surface area (Å²) < 4.78 is 16.0. The monoisotopic (exact) mass is 265 g/mol. The van der Waals surface area contributed by atoms with Gasteiger partial charge in [0.2, 0.25) is 5.75 Å². The Labute approximate surface area is 115 Å². The van der Waals surface area contributed by atoms with Gasteiger partial charge in [0.25, 0.3) is 0 Å². The van der Waals surface area contributed by atoms with Crippen molar-refractivity contribution in [2.24, 2.45) is 11.8 Å². The smallest absolute Gasteiger partial charge is 0.203 e. The van der Waals surface area contributed by atoms with Gasteiger partial charge in [0.1, 0.15) is 0 Å². The van der Waals surface area contributed by atoms with Gasteiger partial charge in [-0.3, -0.25) is 0 Å². The lowest BCUT2D eigenvalue weighted by Gasteiger charge is -2.14. The topological polar surface area (TPSA) is 39.7 Å². The summed E-state index contributed by atoms with van der Waals surface area (Å²) >= 11 is 0. The maximum Gasteiger partial charge on any atom is 0.203 e. The molecule has 19 heavy (non-hydrogen) atoms. The molecular weight excluding hydrogens is 242 g/mol. The van der Waals surface area contributed by atoms with E-state index in [-0.39, 0.29) is 0 Å². The predicted molar refractivity (Wildman–Crippen MR) is 75.1 cm³/mol. The Morgan fingerprint density at radius 2 is 1.68 bits per heavy atom. The van der Waals surface area contributed by atoms with Crippen molar-refractivity contribution in [3.05, 3.63) is 17.7 Å². The Balaban J connectivity index is 2.03. The molecule has 106 valence electrons. The molecule has 4 nitrogen and oxygen atoms in total. The molecule has 1 N–H and O–H groups in total. The zero-order valence-electron chi connectivity index (χ0n) is 12.2. The molecule has 1 saturated carbocycles. The summed E-state index contributed by atoms with van der Waals surface area (Å²) in [5.74, 6) is 3.79. The molecule has 0 heterocycles. The second-order valence-electron chi connectivity index (χ2n) is 5.14. The van der Waals surface area contributed by atoms with E-state index in [4.69, 9.17) is 14.2 Å². The minimum absolute atomic E-state index is 0.643. The molecule has 1 aliphatic rings. The summed E-state index contributed by atoms with van der Waals surface area (Å²) in [5.41, 5.74) is 1.14. The first-order chi connectivity index (χ1) is 9.19. The quantitative estimate of drug-likeness (QED) is 0.822. The summed E-state index contributed by atoms with van der Waals surface area (Å²) in [4.78, 5) is 0. The summed E-state index contributed by atoms with van der Waals surface area (Å²) in [6.07, 6.45) is 1.35. The third-order valence-electron chi connectivity index (χ3n) is 3.74. The van der Waals surface area contributed by atoms with Crippen LogP contribution in [-0.4, -0.2) is 27.9 Å². The van der Waals surface area contributed by atoms with Crippen LogP contribution in [0.15, 0.2) is 12.1 Å². The molecule has 2 rings (SSSR count). The molecule has 2 unspecified atom stereocenters. The van der Waals surface area contributed by atoms with Crippen LogP contribution in [0.2, 0.25) is 0 Å². The molecule has 0 spiro atoms. The highest BCUT2D eigenvalue weighted by Gasteiger charge is 2.31. The van der Waals surface area contributed by atoms with E-state index in [0.29, 0.717) is 17.2 Å².